The molecular formula is C13H14N4O2. The minimum atomic E-state index is -0.361. The van der Waals surface area contributed by atoms with Gasteiger partial charge in [-0.25, -0.2) is 9.97 Å². The SMILES string of the molecule is CNC(=O)c1nc(-c2ccc(OC)cc2)cnc1N. The molecule has 1 amide bonds. The van der Waals surface area contributed by atoms with Crippen LogP contribution in [0, 0.1) is 0 Å². The fourth-order valence-electron chi connectivity index (χ4n) is 1.58. The number of carbonyl (C=O) groups is 1. The maximum Gasteiger partial charge on any atom is 0.273 e. The Morgan fingerprint density at radius 3 is 2.58 bits per heavy atom. The largest absolute Gasteiger partial charge is 0.497 e. The number of nitrogens with one attached hydrogen (secondary N) is 1. The molecule has 0 saturated heterocycles. The van der Waals surface area contributed by atoms with Gasteiger partial charge in [-0.3, -0.25) is 4.79 Å². The van der Waals surface area contributed by atoms with E-state index in [2.05, 4.69) is 15.3 Å². The summed E-state index contributed by atoms with van der Waals surface area (Å²) in [5.74, 6) is 0.496. The fourth-order valence-corrected chi connectivity index (χ4v) is 1.58. The quantitative estimate of drug-likeness (QED) is 0.860. The Hall–Kier alpha value is -2.63. The van der Waals surface area contributed by atoms with Crippen molar-refractivity contribution in [1.29, 1.82) is 0 Å². The molecule has 6 nitrogen and oxygen atoms in total. The van der Waals surface area contributed by atoms with Gasteiger partial charge in [0.1, 0.15) is 5.75 Å². The van der Waals surface area contributed by atoms with Gasteiger partial charge in [0.05, 0.1) is 19.0 Å². The van der Waals surface area contributed by atoms with Gasteiger partial charge in [-0.05, 0) is 24.3 Å². The number of nitrogens with zero attached hydrogens (tertiary/aromatic N) is 2. The second-order valence-corrected chi connectivity index (χ2v) is 3.80. The van der Waals surface area contributed by atoms with Gasteiger partial charge in [-0.15, -0.1) is 0 Å². The molecule has 98 valence electrons. The molecule has 0 aliphatic rings. The topological polar surface area (TPSA) is 90.1 Å². The first kappa shape index (κ1) is 12.8. The van der Waals surface area contributed by atoms with Crippen molar-refractivity contribution < 1.29 is 9.53 Å². The van der Waals surface area contributed by atoms with Crippen LogP contribution in [0.1, 0.15) is 10.5 Å². The third kappa shape index (κ3) is 2.62. The van der Waals surface area contributed by atoms with Crippen molar-refractivity contribution >= 4 is 11.7 Å². The Bertz CT molecular complexity index is 596. The molecule has 0 aliphatic carbocycles. The number of benzene rings is 1. The second-order valence-electron chi connectivity index (χ2n) is 3.80. The molecule has 0 radical (unpaired) electrons. The van der Waals surface area contributed by atoms with Crippen LogP contribution in [0.4, 0.5) is 5.82 Å². The Morgan fingerprint density at radius 2 is 2.00 bits per heavy atom. The Balaban J connectivity index is 2.42. The van der Waals surface area contributed by atoms with E-state index in [0.717, 1.165) is 11.3 Å². The lowest BCUT2D eigenvalue weighted by Gasteiger charge is -2.06. The number of nitrogens with two attached hydrogens (primary N) is 1. The summed E-state index contributed by atoms with van der Waals surface area (Å²) in [5, 5.41) is 2.48. The van der Waals surface area contributed by atoms with E-state index in [1.54, 1.807) is 7.11 Å². The zero-order valence-corrected chi connectivity index (χ0v) is 10.7. The number of amides is 1. The van der Waals surface area contributed by atoms with Crippen LogP contribution < -0.4 is 15.8 Å². The predicted octanol–water partition coefficient (Wildman–Crippen LogP) is 1.09. The summed E-state index contributed by atoms with van der Waals surface area (Å²) in [6.45, 7) is 0. The number of carbonyl (C=O) groups excluding carboxylic acids is 1. The van der Waals surface area contributed by atoms with Crippen LogP contribution in [-0.2, 0) is 0 Å². The molecule has 3 N–H and O–H groups in total. The third-order valence-corrected chi connectivity index (χ3v) is 2.63. The summed E-state index contributed by atoms with van der Waals surface area (Å²) < 4.78 is 5.08. The maximum absolute atomic E-state index is 11.6. The van der Waals surface area contributed by atoms with E-state index < -0.39 is 0 Å². The monoisotopic (exact) mass is 258 g/mol. The highest BCUT2D eigenvalue weighted by Gasteiger charge is 2.12. The molecule has 0 saturated carbocycles. The molecule has 0 aliphatic heterocycles. The highest BCUT2D eigenvalue weighted by atomic mass is 16.5. The third-order valence-electron chi connectivity index (χ3n) is 2.63. The van der Waals surface area contributed by atoms with Crippen LogP contribution in [0.5, 0.6) is 5.75 Å². The molecule has 1 aromatic heterocycles. The Morgan fingerprint density at radius 1 is 1.32 bits per heavy atom. The number of hydrogen-bond acceptors (Lipinski definition) is 5. The lowest BCUT2D eigenvalue weighted by molar-refractivity contribution is 0.0959. The van der Waals surface area contributed by atoms with Gasteiger partial charge >= 0.3 is 0 Å². The molecule has 6 heteroatoms. The van der Waals surface area contributed by atoms with E-state index in [0.29, 0.717) is 5.69 Å². The van der Waals surface area contributed by atoms with Gasteiger partial charge in [-0.1, -0.05) is 0 Å². The molecule has 1 aromatic carbocycles. The zero-order chi connectivity index (χ0) is 13.8. The van der Waals surface area contributed by atoms with Crippen molar-refractivity contribution in [3.8, 4) is 17.0 Å². The Kier molecular flexibility index (Phi) is 3.61. The average Bonchev–Trinajstić information content (AvgIpc) is 2.47. The lowest BCUT2D eigenvalue weighted by Crippen LogP contribution is -2.21. The summed E-state index contributed by atoms with van der Waals surface area (Å²) >= 11 is 0. The molecule has 0 bridgehead atoms. The summed E-state index contributed by atoms with van der Waals surface area (Å²) in [7, 11) is 3.12. The first-order chi connectivity index (χ1) is 9.15. The minimum absolute atomic E-state index is 0.108. The molecule has 0 fully saturated rings. The smallest absolute Gasteiger partial charge is 0.273 e. The van der Waals surface area contributed by atoms with E-state index in [-0.39, 0.29) is 17.4 Å². The molecular weight excluding hydrogens is 244 g/mol. The molecule has 19 heavy (non-hydrogen) atoms. The van der Waals surface area contributed by atoms with Crippen LogP contribution in [0.25, 0.3) is 11.3 Å². The molecule has 1 heterocycles. The highest BCUT2D eigenvalue weighted by molar-refractivity contribution is 5.96. The number of rotatable bonds is 3. The Labute approximate surface area is 110 Å². The van der Waals surface area contributed by atoms with E-state index in [1.807, 2.05) is 24.3 Å². The first-order valence-corrected chi connectivity index (χ1v) is 5.64. The van der Waals surface area contributed by atoms with E-state index in [1.165, 1.54) is 13.2 Å². The number of hydrogen-bond donors (Lipinski definition) is 2. The standard InChI is InChI=1S/C13H14N4O2/c1-15-13(18)11-12(14)16-7-10(17-11)8-3-5-9(19-2)6-4-8/h3-7H,1-2H3,(H2,14,16)(H,15,18). The van der Waals surface area contributed by atoms with Gasteiger partial charge in [0.25, 0.3) is 5.91 Å². The molecule has 2 aromatic rings. The number of anilines is 1. The number of nitrogen functional groups attached to an aromatic ring is 1. The zero-order valence-electron chi connectivity index (χ0n) is 10.7. The van der Waals surface area contributed by atoms with Crippen LogP contribution in [-0.4, -0.2) is 30.0 Å². The lowest BCUT2D eigenvalue weighted by atomic mass is 10.1. The van der Waals surface area contributed by atoms with Crippen LogP contribution in [0.15, 0.2) is 30.5 Å². The molecule has 0 atom stereocenters. The summed E-state index contributed by atoms with van der Waals surface area (Å²) in [5.41, 5.74) is 7.17. The molecule has 0 unspecified atom stereocenters. The van der Waals surface area contributed by atoms with E-state index in [4.69, 9.17) is 10.5 Å². The first-order valence-electron chi connectivity index (χ1n) is 5.64. The van der Waals surface area contributed by atoms with Crippen LogP contribution in [0.2, 0.25) is 0 Å². The van der Waals surface area contributed by atoms with E-state index >= 15 is 0 Å². The molecule has 2 rings (SSSR count). The maximum atomic E-state index is 11.6. The van der Waals surface area contributed by atoms with Crippen molar-refractivity contribution in [3.05, 3.63) is 36.2 Å². The minimum Gasteiger partial charge on any atom is -0.497 e. The fraction of sp³-hybridized carbons (Fsp3) is 0.154. The highest BCUT2D eigenvalue weighted by Crippen LogP contribution is 2.21. The predicted molar refractivity (Wildman–Crippen MR) is 71.8 cm³/mol. The number of methoxy groups -OCH3 is 1. The van der Waals surface area contributed by atoms with Gasteiger partial charge in [0.15, 0.2) is 11.5 Å². The van der Waals surface area contributed by atoms with Crippen LogP contribution >= 0.6 is 0 Å². The van der Waals surface area contributed by atoms with Gasteiger partial charge in [0.2, 0.25) is 0 Å². The van der Waals surface area contributed by atoms with Crippen molar-refractivity contribution in [2.24, 2.45) is 0 Å². The summed E-state index contributed by atoms with van der Waals surface area (Å²) in [6, 6.07) is 7.30. The van der Waals surface area contributed by atoms with Gasteiger partial charge in [-0.2, -0.15) is 0 Å². The average molecular weight is 258 g/mol. The number of ether oxygens (including phenoxy) is 1. The van der Waals surface area contributed by atoms with Crippen molar-refractivity contribution in [1.82, 2.24) is 15.3 Å². The number of aromatic nitrogens is 2. The van der Waals surface area contributed by atoms with Crippen LogP contribution in [0.3, 0.4) is 0 Å². The van der Waals surface area contributed by atoms with Crippen molar-refractivity contribution in [3.63, 3.8) is 0 Å². The van der Waals surface area contributed by atoms with Crippen molar-refractivity contribution in [2.45, 2.75) is 0 Å². The normalized spacial score (nSPS) is 10.0. The van der Waals surface area contributed by atoms with Gasteiger partial charge in [0, 0.05) is 12.6 Å². The summed E-state index contributed by atoms with van der Waals surface area (Å²) in [6.07, 6.45) is 1.53. The second kappa shape index (κ2) is 5.34. The van der Waals surface area contributed by atoms with Gasteiger partial charge < -0.3 is 15.8 Å². The van der Waals surface area contributed by atoms with Crippen molar-refractivity contribution in [2.75, 3.05) is 19.9 Å². The molecule has 0 spiro atoms. The van der Waals surface area contributed by atoms with E-state index in [9.17, 15) is 4.79 Å². The summed E-state index contributed by atoms with van der Waals surface area (Å²) in [4.78, 5) is 19.8.